The third-order valence-electron chi connectivity index (χ3n) is 2.36. The smallest absolute Gasteiger partial charge is 0.244 e. The number of hydrogen-bond donors (Lipinski definition) is 1. The van der Waals surface area contributed by atoms with Crippen molar-refractivity contribution in [1.29, 1.82) is 0 Å². The summed E-state index contributed by atoms with van der Waals surface area (Å²) in [6.07, 6.45) is 3.09. The molecular formula is C14H11BrFNOS. The second kappa shape index (κ2) is 6.63. The van der Waals surface area contributed by atoms with Crippen molar-refractivity contribution in [3.63, 3.8) is 0 Å². The lowest BCUT2D eigenvalue weighted by Gasteiger charge is -1.99. The molecule has 1 aromatic heterocycles. The molecule has 19 heavy (non-hydrogen) atoms. The molecule has 0 aliphatic carbocycles. The first-order valence-electron chi connectivity index (χ1n) is 5.58. The molecule has 0 saturated heterocycles. The van der Waals surface area contributed by atoms with E-state index in [0.717, 1.165) is 14.9 Å². The largest absolute Gasteiger partial charge is 0.348 e. The number of halogens is 2. The van der Waals surface area contributed by atoms with Crippen LogP contribution in [0.2, 0.25) is 0 Å². The van der Waals surface area contributed by atoms with Crippen molar-refractivity contribution >= 4 is 39.2 Å². The lowest BCUT2D eigenvalue weighted by molar-refractivity contribution is -0.116. The van der Waals surface area contributed by atoms with Gasteiger partial charge in [-0.05, 0) is 45.8 Å². The van der Waals surface area contributed by atoms with E-state index in [2.05, 4.69) is 21.2 Å². The molecule has 1 amide bonds. The van der Waals surface area contributed by atoms with Gasteiger partial charge >= 0.3 is 0 Å². The molecule has 0 saturated carbocycles. The molecule has 0 aliphatic heterocycles. The Bertz CT molecular complexity index is 592. The Morgan fingerprint density at radius 2 is 2.11 bits per heavy atom. The summed E-state index contributed by atoms with van der Waals surface area (Å²) in [5.74, 6) is -0.460. The Morgan fingerprint density at radius 1 is 1.37 bits per heavy atom. The van der Waals surface area contributed by atoms with Gasteiger partial charge in [0.25, 0.3) is 0 Å². The van der Waals surface area contributed by atoms with Gasteiger partial charge in [-0.25, -0.2) is 4.39 Å². The average molecular weight is 340 g/mol. The van der Waals surface area contributed by atoms with Crippen molar-refractivity contribution in [3.05, 3.63) is 62.5 Å². The molecule has 0 unspecified atom stereocenters. The number of benzene rings is 1. The van der Waals surface area contributed by atoms with Crippen LogP contribution >= 0.6 is 27.3 Å². The Hall–Kier alpha value is -1.46. The summed E-state index contributed by atoms with van der Waals surface area (Å²) in [4.78, 5) is 12.7. The van der Waals surface area contributed by atoms with Crippen LogP contribution < -0.4 is 5.32 Å². The van der Waals surface area contributed by atoms with Crippen LogP contribution in [-0.2, 0) is 11.3 Å². The molecule has 1 heterocycles. The standard InChI is InChI=1S/C14H11BrFNOS/c15-11-7-13(19-9-11)8-17-14(18)6-3-10-1-4-12(16)5-2-10/h1-7,9H,8H2,(H,17,18). The number of nitrogens with one attached hydrogen (secondary N) is 1. The lowest BCUT2D eigenvalue weighted by Crippen LogP contribution is -2.19. The van der Waals surface area contributed by atoms with Crippen LogP contribution in [0.1, 0.15) is 10.4 Å². The molecule has 1 N–H and O–H groups in total. The van der Waals surface area contributed by atoms with Crippen molar-refractivity contribution < 1.29 is 9.18 Å². The second-order valence-electron chi connectivity index (χ2n) is 3.83. The highest BCUT2D eigenvalue weighted by atomic mass is 79.9. The Morgan fingerprint density at radius 3 is 2.74 bits per heavy atom. The first kappa shape index (κ1) is 14.0. The third kappa shape index (κ3) is 4.61. The number of carbonyl (C=O) groups is 1. The summed E-state index contributed by atoms with van der Waals surface area (Å²) >= 11 is 4.94. The number of thiophene rings is 1. The average Bonchev–Trinajstić information content (AvgIpc) is 2.81. The fourth-order valence-corrected chi connectivity index (χ4v) is 2.82. The van der Waals surface area contributed by atoms with E-state index in [1.54, 1.807) is 29.5 Å². The highest BCUT2D eigenvalue weighted by Crippen LogP contribution is 2.19. The summed E-state index contributed by atoms with van der Waals surface area (Å²) in [5.41, 5.74) is 0.787. The van der Waals surface area contributed by atoms with E-state index in [4.69, 9.17) is 0 Å². The fraction of sp³-hybridized carbons (Fsp3) is 0.0714. The topological polar surface area (TPSA) is 29.1 Å². The van der Waals surface area contributed by atoms with Crippen molar-refractivity contribution in [2.24, 2.45) is 0 Å². The maximum atomic E-state index is 12.7. The van der Waals surface area contributed by atoms with Crippen molar-refractivity contribution in [3.8, 4) is 0 Å². The SMILES string of the molecule is O=C(C=Cc1ccc(F)cc1)NCc1cc(Br)cs1. The van der Waals surface area contributed by atoms with Crippen LogP contribution in [0.5, 0.6) is 0 Å². The Balaban J connectivity index is 1.85. The number of amides is 1. The zero-order chi connectivity index (χ0) is 13.7. The Kier molecular flexibility index (Phi) is 4.87. The minimum atomic E-state index is -0.287. The molecule has 2 aromatic rings. The van der Waals surface area contributed by atoms with E-state index in [1.165, 1.54) is 18.2 Å². The maximum absolute atomic E-state index is 12.7. The summed E-state index contributed by atoms with van der Waals surface area (Å²) in [6.45, 7) is 0.503. The van der Waals surface area contributed by atoms with Crippen molar-refractivity contribution in [2.75, 3.05) is 0 Å². The van der Waals surface area contributed by atoms with Gasteiger partial charge in [-0.2, -0.15) is 0 Å². The molecule has 1 aromatic carbocycles. The van der Waals surface area contributed by atoms with Crippen LogP contribution in [0.15, 0.2) is 46.3 Å². The number of hydrogen-bond acceptors (Lipinski definition) is 2. The van der Waals surface area contributed by atoms with Crippen LogP contribution in [0.3, 0.4) is 0 Å². The summed E-state index contributed by atoms with van der Waals surface area (Å²) in [6, 6.07) is 7.93. The first-order valence-corrected chi connectivity index (χ1v) is 7.25. The van der Waals surface area contributed by atoms with E-state index in [1.807, 2.05) is 11.4 Å². The zero-order valence-electron chi connectivity index (χ0n) is 9.90. The maximum Gasteiger partial charge on any atom is 0.244 e. The molecule has 0 spiro atoms. The van der Waals surface area contributed by atoms with Crippen molar-refractivity contribution in [2.45, 2.75) is 6.54 Å². The van der Waals surface area contributed by atoms with Gasteiger partial charge in [0.1, 0.15) is 5.82 Å². The summed E-state index contributed by atoms with van der Waals surface area (Å²) < 4.78 is 13.7. The molecule has 0 atom stereocenters. The second-order valence-corrected chi connectivity index (χ2v) is 5.75. The van der Waals surface area contributed by atoms with Gasteiger partial charge in [-0.15, -0.1) is 11.3 Å². The van der Waals surface area contributed by atoms with Gasteiger partial charge in [-0.3, -0.25) is 4.79 Å². The van der Waals surface area contributed by atoms with Gasteiger partial charge in [0.15, 0.2) is 0 Å². The lowest BCUT2D eigenvalue weighted by atomic mass is 10.2. The molecule has 2 nitrogen and oxygen atoms in total. The summed E-state index contributed by atoms with van der Waals surface area (Å²) in [5, 5.41) is 4.75. The minimum Gasteiger partial charge on any atom is -0.348 e. The predicted molar refractivity (Wildman–Crippen MR) is 79.3 cm³/mol. The Labute approximate surface area is 123 Å². The molecule has 0 bridgehead atoms. The normalized spacial score (nSPS) is 10.8. The van der Waals surface area contributed by atoms with Crippen LogP contribution in [0.4, 0.5) is 4.39 Å². The molecule has 0 aliphatic rings. The van der Waals surface area contributed by atoms with E-state index >= 15 is 0 Å². The highest BCUT2D eigenvalue weighted by molar-refractivity contribution is 9.10. The van der Waals surface area contributed by atoms with Crippen LogP contribution in [0.25, 0.3) is 6.08 Å². The third-order valence-corrected chi connectivity index (χ3v) is 4.05. The van der Waals surface area contributed by atoms with Gasteiger partial charge in [0.05, 0.1) is 6.54 Å². The van der Waals surface area contributed by atoms with Crippen LogP contribution in [-0.4, -0.2) is 5.91 Å². The predicted octanol–water partition coefficient (Wildman–Crippen LogP) is 3.98. The van der Waals surface area contributed by atoms with Gasteiger partial charge in [0, 0.05) is 20.8 Å². The van der Waals surface area contributed by atoms with E-state index < -0.39 is 0 Å². The molecule has 98 valence electrons. The molecule has 2 rings (SSSR count). The number of rotatable bonds is 4. The first-order chi connectivity index (χ1) is 9.13. The molecular weight excluding hydrogens is 329 g/mol. The van der Waals surface area contributed by atoms with E-state index in [0.29, 0.717) is 6.54 Å². The monoisotopic (exact) mass is 339 g/mol. The van der Waals surface area contributed by atoms with Gasteiger partial charge in [0.2, 0.25) is 5.91 Å². The van der Waals surface area contributed by atoms with Gasteiger partial charge < -0.3 is 5.32 Å². The number of carbonyl (C=O) groups excluding carboxylic acids is 1. The van der Waals surface area contributed by atoms with E-state index in [9.17, 15) is 9.18 Å². The van der Waals surface area contributed by atoms with Crippen LogP contribution in [0, 0.1) is 5.82 Å². The van der Waals surface area contributed by atoms with E-state index in [-0.39, 0.29) is 11.7 Å². The highest BCUT2D eigenvalue weighted by Gasteiger charge is 1.99. The molecule has 0 fully saturated rings. The summed E-state index contributed by atoms with van der Waals surface area (Å²) in [7, 11) is 0. The minimum absolute atomic E-state index is 0.172. The van der Waals surface area contributed by atoms with Gasteiger partial charge in [-0.1, -0.05) is 12.1 Å². The molecule has 0 radical (unpaired) electrons. The zero-order valence-corrected chi connectivity index (χ0v) is 12.3. The molecule has 5 heteroatoms. The fourth-order valence-electron chi connectivity index (χ4n) is 1.43. The van der Waals surface area contributed by atoms with Crippen molar-refractivity contribution in [1.82, 2.24) is 5.32 Å². The quantitative estimate of drug-likeness (QED) is 0.838.